The minimum Gasteiger partial charge on any atom is -0.478 e. The number of nitrogens with one attached hydrogen (secondary N) is 1. The minimum absolute atomic E-state index is 0.223. The Morgan fingerprint density at radius 3 is 2.89 bits per heavy atom. The highest BCUT2D eigenvalue weighted by Gasteiger charge is 2.29. The van der Waals surface area contributed by atoms with Crippen LogP contribution in [0.1, 0.15) is 39.4 Å². The third-order valence-electron chi connectivity index (χ3n) is 3.77. The summed E-state index contributed by atoms with van der Waals surface area (Å²) in [6.07, 6.45) is 2.03. The normalized spacial score (nSPS) is 17.2. The van der Waals surface area contributed by atoms with E-state index in [-0.39, 0.29) is 5.92 Å². The lowest BCUT2D eigenvalue weighted by Crippen LogP contribution is -2.06. The van der Waals surface area contributed by atoms with Gasteiger partial charge in [-0.1, -0.05) is 24.3 Å². The predicted octanol–water partition coefficient (Wildman–Crippen LogP) is 3.57. The molecule has 2 N–H and O–H groups in total. The summed E-state index contributed by atoms with van der Waals surface area (Å²) < 4.78 is 0. The second-order valence-corrected chi connectivity index (χ2v) is 5.62. The number of rotatable bonds is 3. The average Bonchev–Trinajstić information content (AvgIpc) is 3.01. The second kappa shape index (κ2) is 4.70. The van der Waals surface area contributed by atoms with E-state index in [2.05, 4.69) is 17.4 Å². The fourth-order valence-electron chi connectivity index (χ4n) is 2.91. The standard InChI is InChI=1S/C15H15NO2S/c1-16-14-13(15(17)18)12(8-19-14)11-7-6-9-4-2-3-5-10(9)11/h2-5,8,11,16H,6-7H2,1H3,(H,17,18). The van der Waals surface area contributed by atoms with Crippen LogP contribution in [-0.2, 0) is 6.42 Å². The van der Waals surface area contributed by atoms with Crippen molar-refractivity contribution >= 4 is 22.3 Å². The van der Waals surface area contributed by atoms with E-state index in [0.717, 1.165) is 23.4 Å². The van der Waals surface area contributed by atoms with Gasteiger partial charge in [0.25, 0.3) is 0 Å². The summed E-state index contributed by atoms with van der Waals surface area (Å²) in [4.78, 5) is 11.5. The van der Waals surface area contributed by atoms with Gasteiger partial charge in [0.2, 0.25) is 0 Å². The first-order valence-corrected chi connectivity index (χ1v) is 7.20. The first-order valence-electron chi connectivity index (χ1n) is 6.32. The second-order valence-electron chi connectivity index (χ2n) is 4.74. The minimum atomic E-state index is -0.843. The Balaban J connectivity index is 2.10. The summed E-state index contributed by atoms with van der Waals surface area (Å²) in [5.41, 5.74) is 4.02. The van der Waals surface area contributed by atoms with Crippen LogP contribution in [0.25, 0.3) is 0 Å². The predicted molar refractivity (Wildman–Crippen MR) is 77.4 cm³/mol. The van der Waals surface area contributed by atoms with Crippen LogP contribution in [0, 0.1) is 0 Å². The highest BCUT2D eigenvalue weighted by Crippen LogP contribution is 2.43. The van der Waals surface area contributed by atoms with Crippen LogP contribution >= 0.6 is 11.3 Å². The first-order chi connectivity index (χ1) is 9.22. The molecule has 2 aromatic rings. The van der Waals surface area contributed by atoms with Crippen molar-refractivity contribution in [1.29, 1.82) is 0 Å². The van der Waals surface area contributed by atoms with E-state index in [0.29, 0.717) is 5.56 Å². The van der Waals surface area contributed by atoms with Gasteiger partial charge in [-0.2, -0.15) is 0 Å². The average molecular weight is 273 g/mol. The molecule has 1 aliphatic carbocycles. The molecule has 1 aromatic heterocycles. The summed E-state index contributed by atoms with van der Waals surface area (Å²) in [5.74, 6) is -0.620. The molecule has 0 amide bonds. The van der Waals surface area contributed by atoms with Crippen molar-refractivity contribution in [3.8, 4) is 0 Å². The van der Waals surface area contributed by atoms with Crippen LogP contribution < -0.4 is 5.32 Å². The third-order valence-corrected chi connectivity index (χ3v) is 4.78. The number of carbonyl (C=O) groups is 1. The van der Waals surface area contributed by atoms with Gasteiger partial charge in [-0.25, -0.2) is 4.79 Å². The van der Waals surface area contributed by atoms with Crippen molar-refractivity contribution in [1.82, 2.24) is 0 Å². The van der Waals surface area contributed by atoms with Crippen molar-refractivity contribution in [2.75, 3.05) is 12.4 Å². The molecule has 19 heavy (non-hydrogen) atoms. The molecule has 3 rings (SSSR count). The van der Waals surface area contributed by atoms with Gasteiger partial charge in [0.05, 0.1) is 5.56 Å². The lowest BCUT2D eigenvalue weighted by molar-refractivity contribution is 0.0697. The quantitative estimate of drug-likeness (QED) is 0.899. The SMILES string of the molecule is CNc1scc(C2CCc3ccccc32)c1C(=O)O. The molecule has 0 saturated carbocycles. The summed E-state index contributed by atoms with van der Waals surface area (Å²) in [6, 6.07) is 8.34. The van der Waals surface area contributed by atoms with E-state index < -0.39 is 5.97 Å². The molecule has 98 valence electrons. The summed E-state index contributed by atoms with van der Waals surface area (Å²) in [6.45, 7) is 0. The van der Waals surface area contributed by atoms with Gasteiger partial charge in [0.1, 0.15) is 5.00 Å². The fourth-order valence-corrected chi connectivity index (χ4v) is 3.88. The van der Waals surface area contributed by atoms with Crippen molar-refractivity contribution in [2.24, 2.45) is 0 Å². The maximum Gasteiger partial charge on any atom is 0.339 e. The number of hydrogen-bond donors (Lipinski definition) is 2. The number of thiophene rings is 1. The van der Waals surface area contributed by atoms with Crippen LogP contribution in [0.2, 0.25) is 0 Å². The van der Waals surface area contributed by atoms with Crippen LogP contribution in [0.15, 0.2) is 29.6 Å². The monoisotopic (exact) mass is 273 g/mol. The number of aromatic carboxylic acids is 1. The molecule has 0 radical (unpaired) electrons. The van der Waals surface area contributed by atoms with Gasteiger partial charge in [-0.15, -0.1) is 11.3 Å². The number of anilines is 1. The zero-order valence-electron chi connectivity index (χ0n) is 10.6. The Hall–Kier alpha value is -1.81. The molecule has 1 aliphatic rings. The Morgan fingerprint density at radius 1 is 1.37 bits per heavy atom. The van der Waals surface area contributed by atoms with E-state index in [9.17, 15) is 9.90 Å². The lowest BCUT2D eigenvalue weighted by Gasteiger charge is -2.12. The van der Waals surface area contributed by atoms with Gasteiger partial charge < -0.3 is 10.4 Å². The summed E-state index contributed by atoms with van der Waals surface area (Å²) in [5, 5.41) is 15.2. The van der Waals surface area contributed by atoms with Crippen molar-refractivity contribution < 1.29 is 9.90 Å². The molecule has 0 fully saturated rings. The van der Waals surface area contributed by atoms with Gasteiger partial charge in [0.15, 0.2) is 0 Å². The zero-order valence-corrected chi connectivity index (χ0v) is 11.5. The van der Waals surface area contributed by atoms with Gasteiger partial charge in [-0.05, 0) is 34.9 Å². The van der Waals surface area contributed by atoms with E-state index in [1.165, 1.54) is 22.5 Å². The third kappa shape index (κ3) is 1.92. The number of carboxylic acid groups (broad SMARTS) is 1. The number of aryl methyl sites for hydroxylation is 1. The maximum absolute atomic E-state index is 11.5. The Bertz CT molecular complexity index is 633. The molecule has 1 atom stereocenters. The molecule has 1 heterocycles. The largest absolute Gasteiger partial charge is 0.478 e. The van der Waals surface area contributed by atoms with Crippen LogP contribution in [-0.4, -0.2) is 18.1 Å². The molecule has 0 spiro atoms. The molecule has 4 heteroatoms. The van der Waals surface area contributed by atoms with E-state index in [4.69, 9.17) is 0 Å². The number of hydrogen-bond acceptors (Lipinski definition) is 3. The van der Waals surface area contributed by atoms with Crippen LogP contribution in [0.4, 0.5) is 5.00 Å². The number of fused-ring (bicyclic) bond motifs is 1. The Labute approximate surface area is 115 Å². The molecule has 1 unspecified atom stereocenters. The van der Waals surface area contributed by atoms with Crippen LogP contribution in [0.3, 0.4) is 0 Å². The molecule has 1 aromatic carbocycles. The van der Waals surface area contributed by atoms with E-state index in [1.54, 1.807) is 7.05 Å². The molecule has 0 saturated heterocycles. The van der Waals surface area contributed by atoms with Crippen molar-refractivity contribution in [3.63, 3.8) is 0 Å². The van der Waals surface area contributed by atoms with Crippen molar-refractivity contribution in [2.45, 2.75) is 18.8 Å². The topological polar surface area (TPSA) is 49.3 Å². The first kappa shape index (κ1) is 12.2. The summed E-state index contributed by atoms with van der Waals surface area (Å²) >= 11 is 1.47. The van der Waals surface area contributed by atoms with Gasteiger partial charge >= 0.3 is 5.97 Å². The molecule has 0 aliphatic heterocycles. The van der Waals surface area contributed by atoms with Crippen LogP contribution in [0.5, 0.6) is 0 Å². The molecular formula is C15H15NO2S. The lowest BCUT2D eigenvalue weighted by atomic mass is 9.92. The van der Waals surface area contributed by atoms with Crippen molar-refractivity contribution in [3.05, 3.63) is 51.9 Å². The molecule has 3 nitrogen and oxygen atoms in total. The number of carboxylic acids is 1. The zero-order chi connectivity index (χ0) is 13.4. The fraction of sp³-hybridized carbons (Fsp3) is 0.267. The smallest absolute Gasteiger partial charge is 0.339 e. The maximum atomic E-state index is 11.5. The molecule has 0 bridgehead atoms. The van der Waals surface area contributed by atoms with E-state index >= 15 is 0 Å². The highest BCUT2D eigenvalue weighted by atomic mass is 32.1. The number of benzene rings is 1. The highest BCUT2D eigenvalue weighted by molar-refractivity contribution is 7.14. The Kier molecular flexibility index (Phi) is 3.03. The van der Waals surface area contributed by atoms with Gasteiger partial charge in [-0.3, -0.25) is 0 Å². The van der Waals surface area contributed by atoms with E-state index in [1.807, 2.05) is 17.5 Å². The van der Waals surface area contributed by atoms with Gasteiger partial charge in [0, 0.05) is 13.0 Å². The summed E-state index contributed by atoms with van der Waals surface area (Å²) in [7, 11) is 1.77. The molecular weight excluding hydrogens is 258 g/mol. The Morgan fingerprint density at radius 2 is 2.16 bits per heavy atom.